The first-order valence-corrected chi connectivity index (χ1v) is 8.74. The van der Waals surface area contributed by atoms with Crippen LogP contribution in [0.25, 0.3) is 5.57 Å². The first-order chi connectivity index (χ1) is 12.1. The first-order valence-electron chi connectivity index (χ1n) is 7.56. The molecule has 1 aliphatic rings. The second-order valence-corrected chi connectivity index (χ2v) is 6.10. The third-order valence-electron chi connectivity index (χ3n) is 3.71. The molecule has 0 spiro atoms. The Morgan fingerprint density at radius 3 is 2.80 bits per heavy atom. The molecule has 0 unspecified atom stereocenters. The summed E-state index contributed by atoms with van der Waals surface area (Å²) in [4.78, 5) is 13.1. The maximum Gasteiger partial charge on any atom is 0.168 e. The molecule has 25 heavy (non-hydrogen) atoms. The molecule has 3 rings (SSSR count). The van der Waals surface area contributed by atoms with Gasteiger partial charge in [-0.25, -0.2) is 15.8 Å². The van der Waals surface area contributed by atoms with E-state index in [4.69, 9.17) is 17.3 Å². The van der Waals surface area contributed by atoms with Crippen molar-refractivity contribution < 1.29 is 0 Å². The van der Waals surface area contributed by atoms with Crippen LogP contribution in [0.4, 0.5) is 23.0 Å². The minimum Gasteiger partial charge on any atom is -0.404 e. The normalized spacial score (nSPS) is 13.2. The Bertz CT molecular complexity index is 848. The summed E-state index contributed by atoms with van der Waals surface area (Å²) in [5, 5.41) is 1.48. The SMILES string of the molecule is CN=CC(=CN)c1ccc(N)c(N(N)Cc2ccc3c(n2)N3SC)n1. The molecule has 0 saturated carbocycles. The van der Waals surface area contributed by atoms with Crippen LogP contribution in [0.3, 0.4) is 0 Å². The maximum atomic E-state index is 6.19. The van der Waals surface area contributed by atoms with E-state index in [1.54, 1.807) is 37.3 Å². The number of aromatic nitrogens is 2. The number of nitrogens with two attached hydrogens (primary N) is 3. The van der Waals surface area contributed by atoms with Crippen molar-refractivity contribution in [1.29, 1.82) is 0 Å². The van der Waals surface area contributed by atoms with E-state index in [9.17, 15) is 0 Å². The molecule has 0 radical (unpaired) electrons. The quantitative estimate of drug-likeness (QED) is 0.235. The lowest BCUT2D eigenvalue weighted by Gasteiger charge is -2.19. The van der Waals surface area contributed by atoms with Crippen molar-refractivity contribution in [3.8, 4) is 0 Å². The lowest BCUT2D eigenvalue weighted by molar-refractivity contribution is 0.813. The number of aliphatic imine (C=N–C) groups is 1. The number of hydrogen-bond acceptors (Lipinski definition) is 9. The van der Waals surface area contributed by atoms with E-state index in [0.717, 1.165) is 17.2 Å². The molecule has 0 aromatic carbocycles. The average molecular weight is 356 g/mol. The van der Waals surface area contributed by atoms with Gasteiger partial charge in [-0.2, -0.15) is 0 Å². The Labute approximate surface area is 150 Å². The van der Waals surface area contributed by atoms with Crippen LogP contribution in [0.2, 0.25) is 0 Å². The Morgan fingerprint density at radius 1 is 1.32 bits per heavy atom. The van der Waals surface area contributed by atoms with Gasteiger partial charge in [0.15, 0.2) is 11.6 Å². The Morgan fingerprint density at radius 2 is 2.12 bits per heavy atom. The summed E-state index contributed by atoms with van der Waals surface area (Å²) in [5.74, 6) is 7.63. The van der Waals surface area contributed by atoms with Crippen LogP contribution < -0.4 is 26.6 Å². The first kappa shape index (κ1) is 17.1. The summed E-state index contributed by atoms with van der Waals surface area (Å²) in [5.41, 5.74) is 15.5. The van der Waals surface area contributed by atoms with Crippen molar-refractivity contribution in [2.24, 2.45) is 16.6 Å². The van der Waals surface area contributed by atoms with Gasteiger partial charge in [-0.05, 0) is 36.2 Å². The molecule has 2 aromatic rings. The predicted octanol–water partition coefficient (Wildman–Crippen LogP) is 1.67. The average Bonchev–Trinajstić information content (AvgIpc) is 3.32. The zero-order valence-electron chi connectivity index (χ0n) is 14.0. The highest BCUT2D eigenvalue weighted by atomic mass is 32.2. The van der Waals surface area contributed by atoms with Crippen molar-refractivity contribution in [3.05, 3.63) is 41.9 Å². The van der Waals surface area contributed by atoms with Crippen molar-refractivity contribution in [3.63, 3.8) is 0 Å². The minimum atomic E-state index is 0.389. The summed E-state index contributed by atoms with van der Waals surface area (Å²) in [6.07, 6.45) is 5.09. The molecule has 6 N–H and O–H groups in total. The highest BCUT2D eigenvalue weighted by molar-refractivity contribution is 8.00. The Balaban J connectivity index is 1.82. The van der Waals surface area contributed by atoms with Gasteiger partial charge in [0, 0.05) is 31.3 Å². The van der Waals surface area contributed by atoms with Gasteiger partial charge in [0.2, 0.25) is 0 Å². The number of nitrogen functional groups attached to an aromatic ring is 1. The fraction of sp³-hybridized carbons (Fsp3) is 0.188. The highest BCUT2D eigenvalue weighted by Gasteiger charge is 2.31. The number of rotatable bonds is 6. The van der Waals surface area contributed by atoms with Crippen LogP contribution in [0.5, 0.6) is 0 Å². The van der Waals surface area contributed by atoms with Gasteiger partial charge in [0.05, 0.1) is 29.3 Å². The van der Waals surface area contributed by atoms with Gasteiger partial charge in [-0.3, -0.25) is 14.3 Å². The van der Waals surface area contributed by atoms with Gasteiger partial charge in [0.25, 0.3) is 0 Å². The van der Waals surface area contributed by atoms with Crippen molar-refractivity contribution in [1.82, 2.24) is 9.97 Å². The third kappa shape index (κ3) is 3.37. The van der Waals surface area contributed by atoms with E-state index < -0.39 is 0 Å². The highest BCUT2D eigenvalue weighted by Crippen LogP contribution is 2.50. The van der Waals surface area contributed by atoms with E-state index in [2.05, 4.69) is 19.3 Å². The largest absolute Gasteiger partial charge is 0.404 e. The smallest absolute Gasteiger partial charge is 0.168 e. The van der Waals surface area contributed by atoms with Gasteiger partial charge >= 0.3 is 0 Å². The monoisotopic (exact) mass is 356 g/mol. The predicted molar refractivity (Wildman–Crippen MR) is 105 cm³/mol. The summed E-state index contributed by atoms with van der Waals surface area (Å²) < 4.78 is 2.06. The number of hydrogen-bond donors (Lipinski definition) is 3. The maximum absolute atomic E-state index is 6.19. The molecule has 9 heteroatoms. The molecular formula is C16H20N8S. The summed E-state index contributed by atoms with van der Waals surface area (Å²) in [6.45, 7) is 0.389. The Hall–Kier alpha value is -2.78. The number of anilines is 4. The van der Waals surface area contributed by atoms with E-state index in [1.807, 2.05) is 18.4 Å². The lowest BCUT2D eigenvalue weighted by Crippen LogP contribution is -2.32. The number of allylic oxidation sites excluding steroid dienone is 1. The van der Waals surface area contributed by atoms with Crippen LogP contribution in [0.15, 0.2) is 35.5 Å². The van der Waals surface area contributed by atoms with Crippen LogP contribution >= 0.6 is 11.9 Å². The molecular weight excluding hydrogens is 336 g/mol. The lowest BCUT2D eigenvalue weighted by atomic mass is 10.2. The second kappa shape index (κ2) is 6.99. The van der Waals surface area contributed by atoms with Gasteiger partial charge in [0.1, 0.15) is 0 Å². The summed E-state index contributed by atoms with van der Waals surface area (Å²) in [6, 6.07) is 7.51. The molecule has 0 fully saturated rings. The number of hydrazine groups is 1. The molecule has 0 atom stereocenters. The standard InChI is InChI=1S/C16H20N8S/c1-20-8-10(7-17)13-5-4-12(18)15(22-13)23(19)9-11-3-6-14-16(21-11)24(14)25-2/h3-8H,9,17-19H2,1-2H3. The number of fused-ring (bicyclic) bond motifs is 1. The molecule has 2 aromatic heterocycles. The van der Waals surface area contributed by atoms with E-state index in [0.29, 0.717) is 29.3 Å². The van der Waals surface area contributed by atoms with Crippen LogP contribution in [-0.4, -0.2) is 29.5 Å². The molecule has 0 aliphatic carbocycles. The Kier molecular flexibility index (Phi) is 4.77. The fourth-order valence-corrected chi connectivity index (χ4v) is 3.06. The zero-order valence-corrected chi connectivity index (χ0v) is 14.9. The molecule has 0 amide bonds. The molecule has 8 nitrogen and oxygen atoms in total. The minimum absolute atomic E-state index is 0.389. The van der Waals surface area contributed by atoms with Crippen molar-refractivity contribution >= 4 is 46.7 Å². The zero-order chi connectivity index (χ0) is 18.0. The third-order valence-corrected chi connectivity index (χ3v) is 4.44. The van der Waals surface area contributed by atoms with E-state index in [1.165, 1.54) is 11.2 Å². The molecule has 0 saturated heterocycles. The number of pyridine rings is 2. The van der Waals surface area contributed by atoms with Crippen LogP contribution in [0.1, 0.15) is 11.4 Å². The molecule has 130 valence electrons. The molecule has 3 heterocycles. The molecule has 0 bridgehead atoms. The van der Waals surface area contributed by atoms with Gasteiger partial charge in [-0.1, -0.05) is 0 Å². The summed E-state index contributed by atoms with van der Waals surface area (Å²) >= 11 is 1.62. The molecule has 1 aliphatic heterocycles. The van der Waals surface area contributed by atoms with Gasteiger partial charge < -0.3 is 11.5 Å². The van der Waals surface area contributed by atoms with Crippen molar-refractivity contribution in [2.75, 3.05) is 28.4 Å². The number of nitrogens with zero attached hydrogens (tertiary/aromatic N) is 5. The van der Waals surface area contributed by atoms with E-state index >= 15 is 0 Å². The van der Waals surface area contributed by atoms with Crippen molar-refractivity contribution in [2.45, 2.75) is 6.54 Å². The topological polar surface area (TPSA) is 122 Å². The van der Waals surface area contributed by atoms with E-state index in [-0.39, 0.29) is 0 Å². The fourth-order valence-electron chi connectivity index (χ4n) is 2.45. The van der Waals surface area contributed by atoms with Gasteiger partial charge in [-0.15, -0.1) is 0 Å². The summed E-state index contributed by atoms with van der Waals surface area (Å²) in [7, 11) is 1.67. The van der Waals surface area contributed by atoms with Crippen LogP contribution in [-0.2, 0) is 6.54 Å². The second-order valence-electron chi connectivity index (χ2n) is 5.37. The van der Waals surface area contributed by atoms with Crippen LogP contribution in [0, 0.1) is 0 Å².